The van der Waals surface area contributed by atoms with Crippen molar-refractivity contribution in [1.29, 1.82) is 5.26 Å². The number of carbonyl (C=O) groups is 1. The van der Waals surface area contributed by atoms with Gasteiger partial charge in [0.05, 0.1) is 21.5 Å². The van der Waals surface area contributed by atoms with Gasteiger partial charge in [-0.2, -0.15) is 5.26 Å². The number of esters is 1. The Hall–Kier alpha value is -3.11. The number of hydrogen-bond acceptors (Lipinski definition) is 6. The van der Waals surface area contributed by atoms with E-state index in [1.54, 1.807) is 30.0 Å². The fraction of sp³-hybridized carbons (Fsp3) is 0.0833. The summed E-state index contributed by atoms with van der Waals surface area (Å²) in [5.41, 5.74) is 8.31. The summed E-state index contributed by atoms with van der Waals surface area (Å²) >= 11 is 13.5. The van der Waals surface area contributed by atoms with Crippen molar-refractivity contribution in [2.24, 2.45) is 5.73 Å². The number of rotatable bonds is 4. The first-order chi connectivity index (χ1) is 15.4. The summed E-state index contributed by atoms with van der Waals surface area (Å²) in [4.78, 5) is 13.6. The van der Waals surface area contributed by atoms with Crippen LogP contribution in [0.1, 0.15) is 27.4 Å². The average Bonchev–Trinajstić information content (AvgIpc) is 2.80. The van der Waals surface area contributed by atoms with Crippen molar-refractivity contribution in [3.05, 3.63) is 98.9 Å². The van der Waals surface area contributed by atoms with E-state index in [-0.39, 0.29) is 28.1 Å². The number of benzene rings is 3. The molecule has 4 rings (SSSR count). The molecule has 1 aliphatic heterocycles. The maximum absolute atomic E-state index is 12.5. The van der Waals surface area contributed by atoms with E-state index >= 15 is 0 Å². The number of halogens is 2. The van der Waals surface area contributed by atoms with Gasteiger partial charge in [0.2, 0.25) is 5.88 Å². The van der Waals surface area contributed by atoms with E-state index < -0.39 is 5.97 Å². The van der Waals surface area contributed by atoms with Gasteiger partial charge in [0.1, 0.15) is 23.1 Å². The summed E-state index contributed by atoms with van der Waals surface area (Å²) in [5, 5.41) is 10.3. The van der Waals surface area contributed by atoms with Crippen molar-refractivity contribution in [3.8, 4) is 17.6 Å². The molecule has 32 heavy (non-hydrogen) atoms. The number of carbonyl (C=O) groups excluding carboxylic acids is 1. The van der Waals surface area contributed by atoms with Crippen LogP contribution in [0.3, 0.4) is 0 Å². The first-order valence-electron chi connectivity index (χ1n) is 9.44. The van der Waals surface area contributed by atoms with E-state index in [2.05, 4.69) is 6.07 Å². The number of nitrogens with two attached hydrogens (primary N) is 1. The molecule has 0 spiro atoms. The largest absolute Gasteiger partial charge is 0.440 e. The first kappa shape index (κ1) is 22.1. The highest BCUT2D eigenvalue weighted by molar-refractivity contribution is 7.98. The maximum atomic E-state index is 12.5. The van der Waals surface area contributed by atoms with Gasteiger partial charge in [-0.1, -0.05) is 41.4 Å². The Morgan fingerprint density at radius 1 is 1.09 bits per heavy atom. The molecule has 160 valence electrons. The van der Waals surface area contributed by atoms with Crippen LogP contribution in [0.2, 0.25) is 10.0 Å². The normalized spacial score (nSPS) is 14.9. The molecule has 0 fully saturated rings. The number of nitriles is 1. The van der Waals surface area contributed by atoms with Crippen LogP contribution in [0.4, 0.5) is 0 Å². The molecule has 5 nitrogen and oxygen atoms in total. The molecule has 3 aromatic rings. The molecule has 0 aromatic heterocycles. The van der Waals surface area contributed by atoms with Gasteiger partial charge in [0.15, 0.2) is 0 Å². The van der Waals surface area contributed by atoms with Gasteiger partial charge >= 0.3 is 5.97 Å². The molecular weight excluding hydrogens is 467 g/mol. The highest BCUT2D eigenvalue weighted by Gasteiger charge is 2.31. The van der Waals surface area contributed by atoms with E-state index in [0.717, 1.165) is 16.0 Å². The zero-order valence-electron chi connectivity index (χ0n) is 16.8. The predicted octanol–water partition coefficient (Wildman–Crippen LogP) is 6.15. The van der Waals surface area contributed by atoms with Crippen LogP contribution >= 0.6 is 35.0 Å². The molecule has 0 aliphatic carbocycles. The van der Waals surface area contributed by atoms with Gasteiger partial charge in [-0.05, 0) is 48.2 Å². The van der Waals surface area contributed by atoms with Crippen molar-refractivity contribution in [2.75, 3.05) is 6.26 Å². The highest BCUT2D eigenvalue weighted by atomic mass is 35.5. The standard InChI is InChI=1S/C24H16Cl2N2O3S/c1-32-16-6-2-13(3-7-16)22-17-8-5-15(11-21(17)31-23(28)18(22)12-27)30-24(29)14-4-9-19(25)20(26)10-14/h2-11,22H,28H2,1H3/t22-/m0/s1. The Balaban J connectivity index is 1.67. The molecule has 0 bridgehead atoms. The van der Waals surface area contributed by atoms with Gasteiger partial charge in [-0.25, -0.2) is 4.79 Å². The fourth-order valence-corrected chi connectivity index (χ4v) is 4.13. The molecule has 8 heteroatoms. The van der Waals surface area contributed by atoms with Crippen molar-refractivity contribution in [3.63, 3.8) is 0 Å². The van der Waals surface area contributed by atoms with Gasteiger partial charge in [-0.3, -0.25) is 0 Å². The summed E-state index contributed by atoms with van der Waals surface area (Å²) in [7, 11) is 0. The average molecular weight is 483 g/mol. The Morgan fingerprint density at radius 3 is 2.50 bits per heavy atom. The molecule has 0 saturated heterocycles. The second-order valence-corrected chi connectivity index (χ2v) is 8.61. The molecule has 0 saturated carbocycles. The predicted molar refractivity (Wildman–Crippen MR) is 125 cm³/mol. The molecular formula is C24H16Cl2N2O3S. The monoisotopic (exact) mass is 482 g/mol. The molecule has 0 unspecified atom stereocenters. The van der Waals surface area contributed by atoms with E-state index in [0.29, 0.717) is 16.3 Å². The lowest BCUT2D eigenvalue weighted by Gasteiger charge is -2.26. The SMILES string of the molecule is CSc1ccc([C@@H]2C(C#N)=C(N)Oc3cc(OC(=O)c4ccc(Cl)c(Cl)c4)ccc32)cc1. The molecule has 3 aromatic carbocycles. The van der Waals surface area contributed by atoms with Gasteiger partial charge in [0, 0.05) is 16.5 Å². The smallest absolute Gasteiger partial charge is 0.343 e. The minimum absolute atomic E-state index is 0.0203. The lowest BCUT2D eigenvalue weighted by Crippen LogP contribution is -2.21. The van der Waals surface area contributed by atoms with Crippen LogP contribution in [-0.2, 0) is 0 Å². The fourth-order valence-electron chi connectivity index (χ4n) is 3.43. The van der Waals surface area contributed by atoms with Crippen LogP contribution in [0, 0.1) is 11.3 Å². The van der Waals surface area contributed by atoms with Crippen LogP contribution < -0.4 is 15.2 Å². The van der Waals surface area contributed by atoms with E-state index in [9.17, 15) is 10.1 Å². The lowest BCUT2D eigenvalue weighted by atomic mass is 9.83. The lowest BCUT2D eigenvalue weighted by molar-refractivity contribution is 0.0734. The topological polar surface area (TPSA) is 85.3 Å². The second kappa shape index (κ2) is 9.17. The van der Waals surface area contributed by atoms with E-state index in [1.165, 1.54) is 18.2 Å². The van der Waals surface area contributed by atoms with Crippen LogP contribution in [-0.4, -0.2) is 12.2 Å². The molecule has 2 N–H and O–H groups in total. The summed E-state index contributed by atoms with van der Waals surface area (Å²) in [6.45, 7) is 0. The van der Waals surface area contributed by atoms with Crippen molar-refractivity contribution < 1.29 is 14.3 Å². The molecule has 1 heterocycles. The molecule has 1 aliphatic rings. The maximum Gasteiger partial charge on any atom is 0.343 e. The van der Waals surface area contributed by atoms with Gasteiger partial charge in [0.25, 0.3) is 0 Å². The Labute approximate surface area is 199 Å². The zero-order chi connectivity index (χ0) is 22.8. The highest BCUT2D eigenvalue weighted by Crippen LogP contribution is 2.43. The number of ether oxygens (including phenoxy) is 2. The second-order valence-electron chi connectivity index (χ2n) is 6.92. The summed E-state index contributed by atoms with van der Waals surface area (Å²) in [6.07, 6.45) is 2.00. The quantitative estimate of drug-likeness (QED) is 0.272. The first-order valence-corrected chi connectivity index (χ1v) is 11.4. The summed E-state index contributed by atoms with van der Waals surface area (Å²) in [5.74, 6) is -0.277. The van der Waals surface area contributed by atoms with Gasteiger partial charge in [-0.15, -0.1) is 11.8 Å². The third-order valence-corrected chi connectivity index (χ3v) is 6.49. The van der Waals surface area contributed by atoms with Crippen molar-refractivity contribution >= 4 is 40.9 Å². The number of thioether (sulfide) groups is 1. The van der Waals surface area contributed by atoms with Gasteiger partial charge < -0.3 is 15.2 Å². The number of nitrogens with zero attached hydrogens (tertiary/aromatic N) is 1. The molecule has 0 radical (unpaired) electrons. The minimum Gasteiger partial charge on any atom is -0.440 e. The number of fused-ring (bicyclic) bond motifs is 1. The minimum atomic E-state index is -0.593. The zero-order valence-corrected chi connectivity index (χ0v) is 19.1. The Bertz CT molecular complexity index is 1280. The summed E-state index contributed by atoms with van der Waals surface area (Å²) in [6, 6.07) is 19.6. The number of hydrogen-bond donors (Lipinski definition) is 1. The number of allylic oxidation sites excluding steroid dienone is 1. The van der Waals surface area contributed by atoms with E-state index in [4.69, 9.17) is 38.4 Å². The molecule has 1 atom stereocenters. The van der Waals surface area contributed by atoms with Crippen LogP contribution in [0.5, 0.6) is 11.5 Å². The van der Waals surface area contributed by atoms with Crippen molar-refractivity contribution in [2.45, 2.75) is 10.8 Å². The van der Waals surface area contributed by atoms with E-state index in [1.807, 2.05) is 30.5 Å². The summed E-state index contributed by atoms with van der Waals surface area (Å²) < 4.78 is 11.2. The molecule has 0 amide bonds. The van der Waals surface area contributed by atoms with Crippen LogP contribution in [0.25, 0.3) is 0 Å². The Morgan fingerprint density at radius 2 is 1.84 bits per heavy atom. The third kappa shape index (κ3) is 4.28. The van der Waals surface area contributed by atoms with Crippen molar-refractivity contribution in [1.82, 2.24) is 0 Å². The Kier molecular flexibility index (Phi) is 6.33. The third-order valence-electron chi connectivity index (χ3n) is 5.01. The van der Waals surface area contributed by atoms with Crippen LogP contribution in [0.15, 0.2) is 77.0 Å².